The Kier molecular flexibility index (Phi) is 3.74. The zero-order valence-electron chi connectivity index (χ0n) is 9.36. The molecule has 16 heavy (non-hydrogen) atoms. The van der Waals surface area contributed by atoms with Crippen LogP contribution in [0.15, 0.2) is 30.3 Å². The number of benzene rings is 1. The van der Waals surface area contributed by atoms with Crippen LogP contribution in [0.4, 0.5) is 0 Å². The third-order valence-corrected chi connectivity index (χ3v) is 3.34. The molecule has 1 aromatic carbocycles. The Morgan fingerprint density at radius 2 is 1.88 bits per heavy atom. The summed E-state index contributed by atoms with van der Waals surface area (Å²) in [5.41, 5.74) is 7.02. The molecule has 0 unspecified atom stereocenters. The second-order valence-electron chi connectivity index (χ2n) is 4.24. The van der Waals surface area contributed by atoms with Crippen LogP contribution in [-0.4, -0.2) is 36.2 Å². The molecule has 1 fully saturated rings. The summed E-state index contributed by atoms with van der Waals surface area (Å²) < 4.78 is 0. The predicted octanol–water partition coefficient (Wildman–Crippen LogP) is -0.369. The number of nitrogens with two attached hydrogens (primary N) is 1. The monoisotopic (exact) mass is 236 g/mol. The fourth-order valence-electron chi connectivity index (χ4n) is 2.10. The van der Waals surface area contributed by atoms with Crippen molar-refractivity contribution in [3.05, 3.63) is 35.9 Å². The molecule has 0 radical (unpaired) electrons. The van der Waals surface area contributed by atoms with Gasteiger partial charge in [-0.15, -0.1) is 0 Å². The smallest absolute Gasteiger partial charge is 0.166 e. The zero-order chi connectivity index (χ0) is 11.4. The first-order chi connectivity index (χ1) is 7.75. The molecule has 3 nitrogen and oxygen atoms in total. The molecule has 0 saturated carbocycles. The quantitative estimate of drug-likeness (QED) is 0.688. The van der Waals surface area contributed by atoms with Gasteiger partial charge in [0.25, 0.3) is 0 Å². The van der Waals surface area contributed by atoms with Gasteiger partial charge in [0.1, 0.15) is 6.54 Å². The SMILES string of the molecule is NC(=S)N1CC[NH+](Cc2ccccc2)CC1. The average molecular weight is 236 g/mol. The van der Waals surface area contributed by atoms with Crippen LogP contribution >= 0.6 is 12.2 Å². The minimum atomic E-state index is 0.541. The number of hydrogen-bond acceptors (Lipinski definition) is 1. The van der Waals surface area contributed by atoms with Crippen molar-refractivity contribution >= 4 is 17.3 Å². The van der Waals surface area contributed by atoms with Gasteiger partial charge in [0, 0.05) is 5.56 Å². The Morgan fingerprint density at radius 1 is 1.25 bits per heavy atom. The van der Waals surface area contributed by atoms with Gasteiger partial charge in [-0.25, -0.2) is 0 Å². The summed E-state index contributed by atoms with van der Waals surface area (Å²) >= 11 is 4.98. The molecule has 2 rings (SSSR count). The minimum absolute atomic E-state index is 0.541. The fourth-order valence-corrected chi connectivity index (χ4v) is 2.29. The number of quaternary nitrogens is 1. The second kappa shape index (κ2) is 5.27. The van der Waals surface area contributed by atoms with Crippen LogP contribution in [0.2, 0.25) is 0 Å². The molecule has 0 amide bonds. The molecule has 0 atom stereocenters. The third-order valence-electron chi connectivity index (χ3n) is 3.08. The van der Waals surface area contributed by atoms with Crippen LogP contribution in [0.5, 0.6) is 0 Å². The molecule has 0 aliphatic carbocycles. The highest BCUT2D eigenvalue weighted by molar-refractivity contribution is 7.80. The Balaban J connectivity index is 1.84. The topological polar surface area (TPSA) is 33.7 Å². The molecular formula is C12H18N3S+. The van der Waals surface area contributed by atoms with Gasteiger partial charge in [0.2, 0.25) is 0 Å². The van der Waals surface area contributed by atoms with E-state index in [1.807, 2.05) is 0 Å². The maximum atomic E-state index is 5.61. The van der Waals surface area contributed by atoms with Crippen LogP contribution in [0.25, 0.3) is 0 Å². The molecular weight excluding hydrogens is 218 g/mol. The Labute approximate surface area is 102 Å². The van der Waals surface area contributed by atoms with Crippen molar-refractivity contribution in [2.75, 3.05) is 26.2 Å². The van der Waals surface area contributed by atoms with Crippen LogP contribution in [0.1, 0.15) is 5.56 Å². The summed E-state index contributed by atoms with van der Waals surface area (Å²) in [6.07, 6.45) is 0. The van der Waals surface area contributed by atoms with Gasteiger partial charge in [0.15, 0.2) is 5.11 Å². The zero-order valence-corrected chi connectivity index (χ0v) is 10.2. The number of thiocarbonyl (C=S) groups is 1. The normalized spacial score (nSPS) is 17.4. The fraction of sp³-hybridized carbons (Fsp3) is 0.417. The van der Waals surface area contributed by atoms with E-state index in [1.165, 1.54) is 5.56 Å². The molecule has 4 heteroatoms. The first kappa shape index (κ1) is 11.4. The van der Waals surface area contributed by atoms with Gasteiger partial charge in [-0.2, -0.15) is 0 Å². The molecule has 1 aliphatic heterocycles. The summed E-state index contributed by atoms with van der Waals surface area (Å²) in [4.78, 5) is 3.70. The lowest BCUT2D eigenvalue weighted by atomic mass is 10.2. The van der Waals surface area contributed by atoms with E-state index < -0.39 is 0 Å². The van der Waals surface area contributed by atoms with Gasteiger partial charge in [-0.3, -0.25) is 0 Å². The summed E-state index contributed by atoms with van der Waals surface area (Å²) in [6.45, 7) is 5.31. The van der Waals surface area contributed by atoms with Crippen LogP contribution in [0, 0.1) is 0 Å². The molecule has 1 heterocycles. The van der Waals surface area contributed by atoms with Crippen molar-refractivity contribution in [3.8, 4) is 0 Å². The van der Waals surface area contributed by atoms with E-state index >= 15 is 0 Å². The minimum Gasteiger partial charge on any atom is -0.376 e. The number of hydrogen-bond donors (Lipinski definition) is 2. The van der Waals surface area contributed by atoms with Crippen LogP contribution < -0.4 is 10.6 Å². The largest absolute Gasteiger partial charge is 0.376 e. The standard InChI is InChI=1S/C12H17N3S/c13-12(16)15-8-6-14(7-9-15)10-11-4-2-1-3-5-11/h1-5H,6-10H2,(H2,13,16)/p+1. The van der Waals surface area contributed by atoms with E-state index in [2.05, 4.69) is 35.2 Å². The predicted molar refractivity (Wildman–Crippen MR) is 69.2 cm³/mol. The summed E-state index contributed by atoms with van der Waals surface area (Å²) in [5.74, 6) is 0. The van der Waals surface area contributed by atoms with Crippen LogP contribution in [0.3, 0.4) is 0 Å². The summed E-state index contributed by atoms with van der Waals surface area (Å²) in [5, 5.41) is 0.541. The molecule has 3 N–H and O–H groups in total. The Bertz CT molecular complexity index is 345. The first-order valence-electron chi connectivity index (χ1n) is 5.67. The lowest BCUT2D eigenvalue weighted by Gasteiger charge is -2.32. The van der Waals surface area contributed by atoms with Gasteiger partial charge in [0.05, 0.1) is 26.2 Å². The van der Waals surface area contributed by atoms with Gasteiger partial charge < -0.3 is 15.5 Å². The van der Waals surface area contributed by atoms with E-state index in [1.54, 1.807) is 4.90 Å². The number of nitrogens with zero attached hydrogens (tertiary/aromatic N) is 1. The highest BCUT2D eigenvalue weighted by Crippen LogP contribution is 1.96. The van der Waals surface area contributed by atoms with Crippen molar-refractivity contribution in [1.29, 1.82) is 0 Å². The molecule has 0 aromatic heterocycles. The molecule has 1 saturated heterocycles. The lowest BCUT2D eigenvalue weighted by molar-refractivity contribution is -0.917. The third kappa shape index (κ3) is 2.93. The molecule has 0 bridgehead atoms. The van der Waals surface area contributed by atoms with Crippen molar-refractivity contribution in [2.24, 2.45) is 5.73 Å². The average Bonchev–Trinajstić information content (AvgIpc) is 2.31. The molecule has 0 spiro atoms. The molecule has 86 valence electrons. The number of piperazine rings is 1. The summed E-state index contributed by atoms with van der Waals surface area (Å²) in [7, 11) is 0. The lowest BCUT2D eigenvalue weighted by Crippen LogP contribution is -3.13. The molecule has 1 aliphatic rings. The van der Waals surface area contributed by atoms with Gasteiger partial charge in [-0.05, 0) is 12.2 Å². The Hall–Kier alpha value is -1.13. The maximum Gasteiger partial charge on any atom is 0.166 e. The van der Waals surface area contributed by atoms with E-state index in [0.29, 0.717) is 5.11 Å². The summed E-state index contributed by atoms with van der Waals surface area (Å²) in [6, 6.07) is 10.6. The van der Waals surface area contributed by atoms with Gasteiger partial charge in [-0.1, -0.05) is 30.3 Å². The van der Waals surface area contributed by atoms with Gasteiger partial charge >= 0.3 is 0 Å². The number of nitrogens with one attached hydrogen (secondary N) is 1. The van der Waals surface area contributed by atoms with E-state index in [4.69, 9.17) is 18.0 Å². The highest BCUT2D eigenvalue weighted by Gasteiger charge is 2.20. The van der Waals surface area contributed by atoms with E-state index in [-0.39, 0.29) is 0 Å². The van der Waals surface area contributed by atoms with Crippen molar-refractivity contribution in [2.45, 2.75) is 6.54 Å². The van der Waals surface area contributed by atoms with Crippen molar-refractivity contribution in [3.63, 3.8) is 0 Å². The Morgan fingerprint density at radius 3 is 2.44 bits per heavy atom. The van der Waals surface area contributed by atoms with Crippen LogP contribution in [-0.2, 0) is 6.54 Å². The van der Waals surface area contributed by atoms with E-state index in [0.717, 1.165) is 32.7 Å². The van der Waals surface area contributed by atoms with E-state index in [9.17, 15) is 0 Å². The maximum absolute atomic E-state index is 5.61. The number of rotatable bonds is 2. The highest BCUT2D eigenvalue weighted by atomic mass is 32.1. The first-order valence-corrected chi connectivity index (χ1v) is 6.08. The van der Waals surface area contributed by atoms with Crippen molar-refractivity contribution < 1.29 is 4.90 Å². The van der Waals surface area contributed by atoms with Crippen molar-refractivity contribution in [1.82, 2.24) is 4.90 Å². The second-order valence-corrected chi connectivity index (χ2v) is 4.66. The molecule has 1 aromatic rings.